The van der Waals surface area contributed by atoms with Crippen LogP contribution in [0.2, 0.25) is 0 Å². The van der Waals surface area contributed by atoms with Crippen molar-refractivity contribution in [3.63, 3.8) is 0 Å². The summed E-state index contributed by atoms with van der Waals surface area (Å²) < 4.78 is 40.3. The summed E-state index contributed by atoms with van der Waals surface area (Å²) in [5.41, 5.74) is 1.22. The Hall–Kier alpha value is -2.02. The second-order valence-electron chi connectivity index (χ2n) is 7.66. The molecule has 152 valence electrons. The Morgan fingerprint density at radius 2 is 1.93 bits per heavy atom. The third-order valence-electron chi connectivity index (χ3n) is 5.46. The molecule has 1 fully saturated rings. The predicted molar refractivity (Wildman–Crippen MR) is 110 cm³/mol. The Kier molecular flexibility index (Phi) is 6.33. The van der Waals surface area contributed by atoms with Crippen molar-refractivity contribution in [3.8, 4) is 0 Å². The fraction of sp³-hybridized carbons (Fsp3) is 0.476. The molecular weight excluding hydrogens is 382 g/mol. The molecule has 2 heterocycles. The minimum atomic E-state index is -1.95. The molecule has 1 aromatic rings. The van der Waals surface area contributed by atoms with Crippen LogP contribution < -0.4 is 0 Å². The number of benzene rings is 1. The number of rotatable bonds is 6. The van der Waals surface area contributed by atoms with Gasteiger partial charge in [0.25, 0.3) is 5.91 Å². The first kappa shape index (κ1) is 20.7. The highest BCUT2D eigenvalue weighted by Crippen LogP contribution is 2.24. The molecule has 0 bridgehead atoms. The van der Waals surface area contributed by atoms with Crippen molar-refractivity contribution in [3.05, 3.63) is 47.0 Å². The molecule has 0 atom stereocenters. The fourth-order valence-electron chi connectivity index (χ4n) is 3.65. The molecule has 0 aliphatic carbocycles. The Labute approximate surface area is 165 Å². The van der Waals surface area contributed by atoms with Crippen LogP contribution in [0.3, 0.4) is 0 Å². The predicted octanol–water partition coefficient (Wildman–Crippen LogP) is 3.21. The smallest absolute Gasteiger partial charge is 0.252 e. The lowest BCUT2D eigenvalue weighted by Crippen LogP contribution is -2.35. The average molecular weight is 409 g/mol. The lowest BCUT2D eigenvalue weighted by Gasteiger charge is -2.29. The van der Waals surface area contributed by atoms with E-state index in [0.29, 0.717) is 42.5 Å². The van der Waals surface area contributed by atoms with Crippen LogP contribution in [0.5, 0.6) is 0 Å². The standard InChI is InChI=1S/C21H26F2N2O2S/c1-15-12-17(13-24-15)21(26)25(14-18-19(22)4-3-5-20(18)23)9-6-16-7-10-28(2,27)11-8-16/h3-5,12,16H,2,6-11,13-14H2,1H3. The van der Waals surface area contributed by atoms with Crippen molar-refractivity contribution in [1.29, 1.82) is 0 Å². The third-order valence-corrected chi connectivity index (χ3v) is 7.42. The number of allylic oxidation sites excluding steroid dienone is 1. The summed E-state index contributed by atoms with van der Waals surface area (Å²) in [4.78, 5) is 18.7. The number of hydrogen-bond acceptors (Lipinski definition) is 3. The van der Waals surface area contributed by atoms with E-state index in [1.807, 2.05) is 6.92 Å². The number of aliphatic imine (C=N–C) groups is 1. The van der Waals surface area contributed by atoms with Crippen molar-refractivity contribution < 1.29 is 17.8 Å². The van der Waals surface area contributed by atoms with E-state index in [-0.39, 0.29) is 18.0 Å². The van der Waals surface area contributed by atoms with Crippen LogP contribution in [-0.4, -0.2) is 51.2 Å². The van der Waals surface area contributed by atoms with Gasteiger partial charge in [0, 0.05) is 34.9 Å². The van der Waals surface area contributed by atoms with Crippen LogP contribution in [0.25, 0.3) is 0 Å². The monoisotopic (exact) mass is 408 g/mol. The van der Waals surface area contributed by atoms with Gasteiger partial charge in [-0.05, 0) is 65.7 Å². The summed E-state index contributed by atoms with van der Waals surface area (Å²) in [6.45, 7) is 2.39. The number of amides is 1. The van der Waals surface area contributed by atoms with E-state index in [4.69, 9.17) is 0 Å². The van der Waals surface area contributed by atoms with Gasteiger partial charge in [0.05, 0.1) is 13.1 Å². The summed E-state index contributed by atoms with van der Waals surface area (Å²) in [5, 5.41) is 0. The molecule has 1 saturated heterocycles. The van der Waals surface area contributed by atoms with Gasteiger partial charge in [-0.25, -0.2) is 8.78 Å². The quantitative estimate of drug-likeness (QED) is 0.679. The van der Waals surface area contributed by atoms with E-state index < -0.39 is 21.2 Å². The van der Waals surface area contributed by atoms with Crippen molar-refractivity contribution in [2.75, 3.05) is 24.6 Å². The fourth-order valence-corrected chi connectivity index (χ4v) is 5.38. The van der Waals surface area contributed by atoms with E-state index in [9.17, 15) is 17.8 Å². The van der Waals surface area contributed by atoms with Crippen molar-refractivity contribution in [1.82, 2.24) is 4.90 Å². The minimum Gasteiger partial charge on any atom is -0.334 e. The van der Waals surface area contributed by atoms with E-state index in [1.165, 1.54) is 23.1 Å². The Morgan fingerprint density at radius 1 is 1.29 bits per heavy atom. The summed E-state index contributed by atoms with van der Waals surface area (Å²) in [6, 6.07) is 3.72. The first-order chi connectivity index (χ1) is 13.2. The number of halogens is 2. The van der Waals surface area contributed by atoms with E-state index in [1.54, 1.807) is 6.08 Å². The van der Waals surface area contributed by atoms with Gasteiger partial charge in [-0.1, -0.05) is 6.07 Å². The van der Waals surface area contributed by atoms with Crippen LogP contribution in [0.1, 0.15) is 31.7 Å². The Balaban J connectivity index is 1.73. The van der Waals surface area contributed by atoms with Crippen molar-refractivity contribution in [2.45, 2.75) is 32.7 Å². The maximum Gasteiger partial charge on any atom is 0.252 e. The maximum atomic E-state index is 14.1. The first-order valence-corrected chi connectivity index (χ1v) is 11.6. The highest BCUT2D eigenvalue weighted by Gasteiger charge is 2.26. The third kappa shape index (κ3) is 5.07. The zero-order chi connectivity index (χ0) is 20.3. The molecule has 0 unspecified atom stereocenters. The molecule has 2 aliphatic rings. The summed E-state index contributed by atoms with van der Waals surface area (Å²) in [7, 11) is -1.95. The van der Waals surface area contributed by atoms with Gasteiger partial charge in [0.15, 0.2) is 0 Å². The van der Waals surface area contributed by atoms with E-state index in [0.717, 1.165) is 18.6 Å². The molecule has 0 aromatic heterocycles. The highest BCUT2D eigenvalue weighted by molar-refractivity contribution is 8.00. The Morgan fingerprint density at radius 3 is 2.50 bits per heavy atom. The molecule has 1 aromatic carbocycles. The largest absolute Gasteiger partial charge is 0.334 e. The second-order valence-corrected chi connectivity index (χ2v) is 10.4. The molecule has 0 spiro atoms. The molecule has 4 nitrogen and oxygen atoms in total. The second kappa shape index (κ2) is 8.55. The average Bonchev–Trinajstić information content (AvgIpc) is 3.08. The number of carbonyl (C=O) groups is 1. The lowest BCUT2D eigenvalue weighted by atomic mass is 9.98. The van der Waals surface area contributed by atoms with Gasteiger partial charge in [-0.15, -0.1) is 0 Å². The van der Waals surface area contributed by atoms with Crippen LogP contribution in [0.15, 0.2) is 34.8 Å². The molecule has 3 rings (SSSR count). The van der Waals surface area contributed by atoms with Crippen LogP contribution in [-0.2, 0) is 20.9 Å². The first-order valence-electron chi connectivity index (χ1n) is 9.51. The van der Waals surface area contributed by atoms with Crippen LogP contribution in [0, 0.1) is 17.6 Å². The summed E-state index contributed by atoms with van der Waals surface area (Å²) in [5.74, 6) is 3.79. The van der Waals surface area contributed by atoms with E-state index in [2.05, 4.69) is 10.9 Å². The van der Waals surface area contributed by atoms with Gasteiger partial charge >= 0.3 is 0 Å². The SMILES string of the molecule is C=S1(=O)CCC(CCN(Cc2c(F)cccc2F)C(=O)C2=CC(C)=NC2)CC1. The Bertz CT molecular complexity index is 888. The number of nitrogens with zero attached hydrogens (tertiary/aromatic N) is 2. The van der Waals surface area contributed by atoms with Crippen LogP contribution in [0.4, 0.5) is 8.78 Å². The van der Waals surface area contributed by atoms with Gasteiger partial charge in [-0.2, -0.15) is 0 Å². The number of carbonyl (C=O) groups excluding carboxylic acids is 1. The maximum absolute atomic E-state index is 14.1. The van der Waals surface area contributed by atoms with Gasteiger partial charge < -0.3 is 4.90 Å². The zero-order valence-corrected chi connectivity index (χ0v) is 16.9. The highest BCUT2D eigenvalue weighted by atomic mass is 32.2. The van der Waals surface area contributed by atoms with Crippen molar-refractivity contribution >= 4 is 27.0 Å². The summed E-state index contributed by atoms with van der Waals surface area (Å²) >= 11 is 0. The normalized spacial score (nSPS) is 24.6. The molecule has 0 saturated carbocycles. The number of hydrogen-bond donors (Lipinski definition) is 0. The van der Waals surface area contributed by atoms with Gasteiger partial charge in [0.2, 0.25) is 0 Å². The lowest BCUT2D eigenvalue weighted by molar-refractivity contribution is -0.128. The molecule has 28 heavy (non-hydrogen) atoms. The minimum absolute atomic E-state index is 0.100. The molecule has 1 amide bonds. The van der Waals surface area contributed by atoms with Crippen LogP contribution >= 0.6 is 0 Å². The zero-order valence-electron chi connectivity index (χ0n) is 16.1. The van der Waals surface area contributed by atoms with Crippen molar-refractivity contribution in [2.24, 2.45) is 10.9 Å². The summed E-state index contributed by atoms with van der Waals surface area (Å²) in [6.07, 6.45) is 4.06. The molecular formula is C21H26F2N2O2S. The van der Waals surface area contributed by atoms with Gasteiger partial charge in [0.1, 0.15) is 11.6 Å². The molecule has 7 heteroatoms. The van der Waals surface area contributed by atoms with Gasteiger partial charge in [-0.3, -0.25) is 14.0 Å². The van der Waals surface area contributed by atoms with E-state index >= 15 is 0 Å². The molecule has 0 radical (unpaired) electrons. The molecule has 2 aliphatic heterocycles. The topological polar surface area (TPSA) is 49.7 Å². The molecule has 0 N–H and O–H groups in total.